The molecular weight excluding hydrogens is 320 g/mol. The highest BCUT2D eigenvalue weighted by Crippen LogP contribution is 2.41. The number of ether oxygens (including phenoxy) is 2. The molecule has 0 bridgehead atoms. The average molecular weight is 332 g/mol. The minimum absolute atomic E-state index is 0.0301. The van der Waals surface area contributed by atoms with Gasteiger partial charge in [0.1, 0.15) is 0 Å². The third-order valence-corrected chi connectivity index (χ3v) is 3.72. The van der Waals surface area contributed by atoms with E-state index in [9.17, 15) is 14.9 Å². The Labute approximate surface area is 134 Å². The minimum Gasteiger partial charge on any atom is -0.453 e. The molecule has 1 amide bonds. The smallest absolute Gasteiger partial charge is 0.315 e. The number of aromatic nitrogens is 2. The first-order valence-corrected chi connectivity index (χ1v) is 7.30. The molecule has 0 atom stereocenters. The number of nitro benzene ring substituents is 1. The molecule has 1 aliphatic heterocycles. The first-order chi connectivity index (χ1) is 11.6. The number of nitrogens with zero attached hydrogens (tertiary/aromatic N) is 3. The molecule has 0 spiro atoms. The highest BCUT2D eigenvalue weighted by Gasteiger charge is 2.30. The normalized spacial score (nSPS) is 15.3. The Kier molecular flexibility index (Phi) is 3.29. The van der Waals surface area contributed by atoms with E-state index in [1.54, 1.807) is 0 Å². The Morgan fingerprint density at radius 3 is 2.92 bits per heavy atom. The van der Waals surface area contributed by atoms with E-state index in [1.165, 1.54) is 6.07 Å². The number of carbonyl (C=O) groups is 1. The Balaban J connectivity index is 1.49. The second kappa shape index (κ2) is 5.48. The van der Waals surface area contributed by atoms with E-state index in [1.807, 2.05) is 0 Å². The highest BCUT2D eigenvalue weighted by atomic mass is 16.7. The van der Waals surface area contributed by atoms with Crippen LogP contribution in [0.3, 0.4) is 0 Å². The molecule has 1 saturated carbocycles. The van der Waals surface area contributed by atoms with Gasteiger partial charge in [0.05, 0.1) is 17.0 Å². The Bertz CT molecular complexity index is 829. The zero-order valence-electron chi connectivity index (χ0n) is 12.4. The molecule has 1 aromatic heterocycles. The molecule has 24 heavy (non-hydrogen) atoms. The van der Waals surface area contributed by atoms with Crippen LogP contribution in [0.4, 0.5) is 5.69 Å². The van der Waals surface area contributed by atoms with Crippen LogP contribution in [0, 0.1) is 10.1 Å². The summed E-state index contributed by atoms with van der Waals surface area (Å²) in [5, 5.41) is 21.5. The molecule has 4 rings (SSSR count). The van der Waals surface area contributed by atoms with Crippen molar-refractivity contribution in [3.8, 4) is 11.5 Å². The lowest BCUT2D eigenvalue weighted by Crippen LogP contribution is -2.23. The molecule has 1 aliphatic carbocycles. The molecule has 2 aliphatic rings. The van der Waals surface area contributed by atoms with E-state index in [-0.39, 0.29) is 36.1 Å². The second-order valence-electron chi connectivity index (χ2n) is 5.48. The van der Waals surface area contributed by atoms with E-state index >= 15 is 0 Å². The van der Waals surface area contributed by atoms with Crippen molar-refractivity contribution in [2.75, 3.05) is 6.79 Å². The van der Waals surface area contributed by atoms with Gasteiger partial charge in [0, 0.05) is 12.0 Å². The summed E-state index contributed by atoms with van der Waals surface area (Å²) in [4.78, 5) is 22.7. The van der Waals surface area contributed by atoms with Crippen LogP contribution in [0.25, 0.3) is 0 Å². The summed E-state index contributed by atoms with van der Waals surface area (Å²) >= 11 is 0. The maximum Gasteiger partial charge on any atom is 0.315 e. The van der Waals surface area contributed by atoms with Gasteiger partial charge in [-0.1, -0.05) is 0 Å². The molecule has 0 unspecified atom stereocenters. The predicted molar refractivity (Wildman–Crippen MR) is 76.7 cm³/mol. The van der Waals surface area contributed by atoms with Crippen LogP contribution < -0.4 is 14.8 Å². The van der Waals surface area contributed by atoms with Crippen molar-refractivity contribution in [1.29, 1.82) is 0 Å². The van der Waals surface area contributed by atoms with E-state index < -0.39 is 10.8 Å². The largest absolute Gasteiger partial charge is 0.453 e. The van der Waals surface area contributed by atoms with Crippen molar-refractivity contribution in [1.82, 2.24) is 15.5 Å². The lowest BCUT2D eigenvalue weighted by molar-refractivity contribution is -0.385. The van der Waals surface area contributed by atoms with Crippen LogP contribution in [0.15, 0.2) is 16.5 Å². The van der Waals surface area contributed by atoms with E-state index in [2.05, 4.69) is 15.5 Å². The van der Waals surface area contributed by atoms with Crippen LogP contribution in [-0.2, 0) is 6.54 Å². The number of hydrogen-bond acceptors (Lipinski definition) is 8. The molecule has 10 heteroatoms. The number of carbonyl (C=O) groups excluding carboxylic acids is 1. The van der Waals surface area contributed by atoms with Gasteiger partial charge >= 0.3 is 5.69 Å². The van der Waals surface area contributed by atoms with E-state index in [4.69, 9.17) is 13.9 Å². The van der Waals surface area contributed by atoms with Crippen molar-refractivity contribution >= 4 is 11.6 Å². The summed E-state index contributed by atoms with van der Waals surface area (Å²) < 4.78 is 15.6. The molecular formula is C14H12N4O6. The van der Waals surface area contributed by atoms with Crippen molar-refractivity contribution in [3.63, 3.8) is 0 Å². The van der Waals surface area contributed by atoms with Gasteiger partial charge in [-0.15, -0.1) is 10.2 Å². The lowest BCUT2D eigenvalue weighted by Gasteiger charge is -2.04. The quantitative estimate of drug-likeness (QED) is 0.644. The van der Waals surface area contributed by atoms with Gasteiger partial charge in [0.2, 0.25) is 24.3 Å². The fourth-order valence-electron chi connectivity index (χ4n) is 2.35. The molecule has 124 valence electrons. The number of benzene rings is 1. The van der Waals surface area contributed by atoms with Gasteiger partial charge in [0.25, 0.3) is 5.91 Å². The lowest BCUT2D eigenvalue weighted by atomic mass is 10.1. The number of hydrogen-bond donors (Lipinski definition) is 1. The summed E-state index contributed by atoms with van der Waals surface area (Å²) in [6.45, 7) is -0.0754. The number of nitro groups is 1. The number of fused-ring (bicyclic) bond motifs is 1. The van der Waals surface area contributed by atoms with Crippen LogP contribution in [0.2, 0.25) is 0 Å². The van der Waals surface area contributed by atoms with Gasteiger partial charge in [0.15, 0.2) is 5.75 Å². The summed E-state index contributed by atoms with van der Waals surface area (Å²) in [6, 6.07) is 2.54. The molecule has 0 radical (unpaired) electrons. The monoisotopic (exact) mass is 332 g/mol. The number of rotatable bonds is 5. The van der Waals surface area contributed by atoms with Crippen molar-refractivity contribution in [2.24, 2.45) is 0 Å². The SMILES string of the molecule is O=C(NCc1nnc(C2CC2)o1)c1cc2c(c([N+](=O)[O-])c1)OCO2. The topological polar surface area (TPSA) is 130 Å². The maximum atomic E-state index is 12.2. The summed E-state index contributed by atoms with van der Waals surface area (Å²) in [5.74, 6) is 0.894. The molecule has 1 fully saturated rings. The zero-order chi connectivity index (χ0) is 16.7. The molecule has 1 aromatic carbocycles. The van der Waals surface area contributed by atoms with E-state index in [0.717, 1.165) is 18.9 Å². The Morgan fingerprint density at radius 1 is 1.33 bits per heavy atom. The zero-order valence-corrected chi connectivity index (χ0v) is 12.4. The fourth-order valence-corrected chi connectivity index (χ4v) is 2.35. The second-order valence-corrected chi connectivity index (χ2v) is 5.48. The van der Waals surface area contributed by atoms with Gasteiger partial charge < -0.3 is 19.2 Å². The fraction of sp³-hybridized carbons (Fsp3) is 0.357. The minimum atomic E-state index is -0.621. The highest BCUT2D eigenvalue weighted by molar-refractivity contribution is 5.96. The molecule has 2 aromatic rings. The van der Waals surface area contributed by atoms with Crippen LogP contribution >= 0.6 is 0 Å². The molecule has 0 saturated heterocycles. The van der Waals surface area contributed by atoms with Crippen LogP contribution in [0.1, 0.15) is 40.9 Å². The van der Waals surface area contributed by atoms with Gasteiger partial charge in [-0.3, -0.25) is 14.9 Å². The maximum absolute atomic E-state index is 12.2. The Morgan fingerprint density at radius 2 is 2.17 bits per heavy atom. The third-order valence-electron chi connectivity index (χ3n) is 3.72. The van der Waals surface area contributed by atoms with Gasteiger partial charge in [-0.2, -0.15) is 0 Å². The first-order valence-electron chi connectivity index (χ1n) is 7.30. The van der Waals surface area contributed by atoms with Crippen molar-refractivity contribution < 1.29 is 23.6 Å². The number of amides is 1. The van der Waals surface area contributed by atoms with Crippen molar-refractivity contribution in [2.45, 2.75) is 25.3 Å². The predicted octanol–water partition coefficient (Wildman–Crippen LogP) is 1.51. The Hall–Kier alpha value is -3.17. The van der Waals surface area contributed by atoms with E-state index in [0.29, 0.717) is 17.7 Å². The summed E-state index contributed by atoms with van der Waals surface area (Å²) in [6.07, 6.45) is 2.07. The standard InChI is InChI=1S/C14H12N4O6/c19-13(15-5-11-16-17-14(24-11)7-1-2-7)8-3-9(18(20)21)12-10(4-8)22-6-23-12/h3-4,7H,1-2,5-6H2,(H,15,19). The first kappa shape index (κ1) is 14.4. The van der Waals surface area contributed by atoms with Crippen molar-refractivity contribution in [3.05, 3.63) is 39.6 Å². The number of nitrogens with one attached hydrogen (secondary N) is 1. The van der Waals surface area contributed by atoms with Gasteiger partial charge in [-0.25, -0.2) is 0 Å². The molecule has 1 N–H and O–H groups in total. The molecule has 10 nitrogen and oxygen atoms in total. The molecule has 2 heterocycles. The summed E-state index contributed by atoms with van der Waals surface area (Å²) in [5.41, 5.74) is -0.225. The van der Waals surface area contributed by atoms with Crippen LogP contribution in [-0.4, -0.2) is 27.8 Å². The van der Waals surface area contributed by atoms with Crippen LogP contribution in [0.5, 0.6) is 11.5 Å². The van der Waals surface area contributed by atoms with Gasteiger partial charge in [-0.05, 0) is 18.9 Å². The average Bonchev–Trinajstić information content (AvgIpc) is 3.12. The third kappa shape index (κ3) is 2.62. The summed E-state index contributed by atoms with van der Waals surface area (Å²) in [7, 11) is 0.